The van der Waals surface area contributed by atoms with Gasteiger partial charge in [0.15, 0.2) is 0 Å². The van der Waals surface area contributed by atoms with E-state index in [9.17, 15) is 0 Å². The second-order valence-electron chi connectivity index (χ2n) is 9.98. The highest BCUT2D eigenvalue weighted by Crippen LogP contribution is 2.55. The number of nitrogens with zero attached hydrogens (tertiary/aromatic N) is 1. The van der Waals surface area contributed by atoms with Crippen molar-refractivity contribution < 1.29 is 4.74 Å². The summed E-state index contributed by atoms with van der Waals surface area (Å²) in [6.45, 7) is 8.21. The van der Waals surface area contributed by atoms with Crippen LogP contribution in [0, 0.1) is 0 Å². The van der Waals surface area contributed by atoms with Gasteiger partial charge in [0.05, 0.1) is 21.2 Å². The Morgan fingerprint density at radius 2 is 1.69 bits per heavy atom. The first-order chi connectivity index (χ1) is 17.3. The van der Waals surface area contributed by atoms with E-state index in [0.717, 1.165) is 57.6 Å². The van der Waals surface area contributed by atoms with Crippen molar-refractivity contribution in [3.8, 4) is 5.75 Å². The molecule has 36 heavy (non-hydrogen) atoms. The molecule has 3 nitrogen and oxygen atoms in total. The Hall–Kier alpha value is -3.27. The van der Waals surface area contributed by atoms with Crippen molar-refractivity contribution >= 4 is 57.1 Å². The molecule has 0 amide bonds. The van der Waals surface area contributed by atoms with Crippen LogP contribution in [0.5, 0.6) is 5.75 Å². The summed E-state index contributed by atoms with van der Waals surface area (Å²) < 4.78 is 6.96. The smallest absolute Gasteiger partial charge is 0.229 e. The maximum atomic E-state index is 6.96. The zero-order chi connectivity index (χ0) is 25.1. The van der Waals surface area contributed by atoms with Crippen molar-refractivity contribution in [3.05, 3.63) is 106 Å². The number of aryl methyl sites for hydroxylation is 1. The van der Waals surface area contributed by atoms with E-state index in [1.807, 2.05) is 36.4 Å². The minimum Gasteiger partial charge on any atom is -0.459 e. The van der Waals surface area contributed by atoms with Crippen LogP contribution in [0.4, 0.5) is 11.4 Å². The number of nitrogens with one attached hydrogen (secondary N) is 1. The second-order valence-corrected chi connectivity index (χ2v) is 10.8. The van der Waals surface area contributed by atoms with E-state index < -0.39 is 11.1 Å². The van der Waals surface area contributed by atoms with Crippen LogP contribution in [-0.4, -0.2) is 11.4 Å². The van der Waals surface area contributed by atoms with Gasteiger partial charge in [0.25, 0.3) is 0 Å². The van der Waals surface area contributed by atoms with Gasteiger partial charge in [-0.15, -0.1) is 0 Å². The molecule has 4 aromatic carbocycles. The molecule has 1 unspecified atom stereocenters. The summed E-state index contributed by atoms with van der Waals surface area (Å²) in [5.41, 5.74) is 4.81. The van der Waals surface area contributed by atoms with E-state index in [1.165, 1.54) is 5.56 Å². The largest absolute Gasteiger partial charge is 0.459 e. The zero-order valence-electron chi connectivity index (χ0n) is 20.2. The molecule has 1 spiro atoms. The molecule has 0 saturated heterocycles. The van der Waals surface area contributed by atoms with Crippen LogP contribution >= 0.6 is 23.2 Å². The van der Waals surface area contributed by atoms with Crippen molar-refractivity contribution in [3.63, 3.8) is 0 Å². The van der Waals surface area contributed by atoms with E-state index in [1.54, 1.807) is 0 Å². The third kappa shape index (κ3) is 3.45. The first-order valence-electron chi connectivity index (χ1n) is 12.1. The third-order valence-electron chi connectivity index (χ3n) is 7.57. The monoisotopic (exact) mass is 512 g/mol. The summed E-state index contributed by atoms with van der Waals surface area (Å²) in [7, 11) is 0. The molecule has 4 aromatic rings. The predicted octanol–water partition coefficient (Wildman–Crippen LogP) is 8.99. The molecule has 0 fully saturated rings. The highest BCUT2D eigenvalue weighted by molar-refractivity contribution is 6.42. The topological polar surface area (TPSA) is 33.6 Å². The van der Waals surface area contributed by atoms with Crippen molar-refractivity contribution in [1.29, 1.82) is 0 Å². The van der Waals surface area contributed by atoms with Crippen molar-refractivity contribution in [2.24, 2.45) is 4.99 Å². The Labute approximate surface area is 221 Å². The fourth-order valence-electron chi connectivity index (χ4n) is 5.47. The van der Waals surface area contributed by atoms with Crippen LogP contribution in [0.1, 0.15) is 37.0 Å². The molecule has 2 aliphatic heterocycles. The number of aliphatic imine (C=N–C) groups is 1. The van der Waals surface area contributed by atoms with E-state index in [4.69, 9.17) is 32.9 Å². The fraction of sp³-hybridized carbons (Fsp3) is 0.194. The maximum absolute atomic E-state index is 6.96. The number of fused-ring (bicyclic) bond motifs is 4. The summed E-state index contributed by atoms with van der Waals surface area (Å²) in [6.07, 6.45) is 3.41. The predicted molar refractivity (Wildman–Crippen MR) is 152 cm³/mol. The van der Waals surface area contributed by atoms with Crippen LogP contribution in [0.2, 0.25) is 10.0 Å². The lowest BCUT2D eigenvalue weighted by atomic mass is 9.74. The first-order valence-corrected chi connectivity index (χ1v) is 12.9. The molecule has 6 rings (SSSR count). The summed E-state index contributed by atoms with van der Waals surface area (Å²) in [6, 6.07) is 24.7. The van der Waals surface area contributed by atoms with Gasteiger partial charge in [0.2, 0.25) is 5.72 Å². The lowest BCUT2D eigenvalue weighted by Gasteiger charge is -2.45. The Morgan fingerprint density at radius 3 is 2.47 bits per heavy atom. The van der Waals surface area contributed by atoms with Gasteiger partial charge < -0.3 is 10.1 Å². The maximum Gasteiger partial charge on any atom is 0.229 e. The summed E-state index contributed by atoms with van der Waals surface area (Å²) in [5.74, 6) is 0.762. The molecule has 180 valence electrons. The van der Waals surface area contributed by atoms with Crippen LogP contribution in [0.25, 0.3) is 16.8 Å². The Morgan fingerprint density at radius 1 is 0.944 bits per heavy atom. The van der Waals surface area contributed by atoms with Gasteiger partial charge in [-0.3, -0.25) is 0 Å². The summed E-state index contributed by atoms with van der Waals surface area (Å²) in [5, 5.41) is 6.96. The number of rotatable bonds is 4. The number of anilines is 1. The van der Waals surface area contributed by atoms with Crippen molar-refractivity contribution in [1.82, 2.24) is 0 Å². The van der Waals surface area contributed by atoms with E-state index in [2.05, 4.69) is 68.2 Å². The molecular weight excluding hydrogens is 487 g/mol. The third-order valence-corrected chi connectivity index (χ3v) is 8.29. The van der Waals surface area contributed by atoms with Crippen LogP contribution in [0.3, 0.4) is 0 Å². The second kappa shape index (κ2) is 8.40. The number of hydrogen-bond donors (Lipinski definition) is 1. The zero-order valence-corrected chi connectivity index (χ0v) is 21.8. The molecule has 2 aliphatic rings. The molecule has 0 bridgehead atoms. The number of benzene rings is 4. The molecule has 0 radical (unpaired) electrons. The van der Waals surface area contributed by atoms with Crippen LogP contribution < -0.4 is 10.1 Å². The van der Waals surface area contributed by atoms with Crippen LogP contribution in [0.15, 0.2) is 84.4 Å². The summed E-state index contributed by atoms with van der Waals surface area (Å²) >= 11 is 12.9. The van der Waals surface area contributed by atoms with Gasteiger partial charge in [-0.05, 0) is 67.0 Å². The van der Waals surface area contributed by atoms with Gasteiger partial charge >= 0.3 is 0 Å². The van der Waals surface area contributed by atoms with Gasteiger partial charge in [0, 0.05) is 11.1 Å². The van der Waals surface area contributed by atoms with Gasteiger partial charge in [-0.1, -0.05) is 90.5 Å². The molecule has 0 aromatic heterocycles. The van der Waals surface area contributed by atoms with Crippen LogP contribution in [-0.2, 0) is 11.8 Å². The standard InChI is InChI=1S/C31H26Cl2N2O/c1-4-19-9-11-20(12-10-19)13-16-28-31(30(2,3)23-17-24(32)25(33)18-26(23)35-31)36-27-15-14-21-7-5-6-8-22(21)29(27)34-28/h4-12,14-15,17-18,35H,1,13,16H2,2-3H3. The normalized spacial score (nSPS) is 19.3. The molecule has 5 heteroatoms. The average Bonchev–Trinajstić information content (AvgIpc) is 3.09. The molecular formula is C31H26Cl2N2O. The molecule has 2 heterocycles. The SMILES string of the molecule is C=Cc1ccc(CCC2=Nc3c(ccc4ccccc34)OC23Nc2cc(Cl)c(Cl)cc2C3(C)C)cc1. The molecule has 0 saturated carbocycles. The highest BCUT2D eigenvalue weighted by atomic mass is 35.5. The van der Waals surface area contributed by atoms with Gasteiger partial charge in [0.1, 0.15) is 11.4 Å². The average molecular weight is 513 g/mol. The quantitative estimate of drug-likeness (QED) is 0.295. The van der Waals surface area contributed by atoms with E-state index in [0.29, 0.717) is 10.0 Å². The van der Waals surface area contributed by atoms with Gasteiger partial charge in [-0.25, -0.2) is 4.99 Å². The number of hydrogen-bond acceptors (Lipinski definition) is 3. The van der Waals surface area contributed by atoms with Crippen molar-refractivity contribution in [2.75, 3.05) is 5.32 Å². The lowest BCUT2D eigenvalue weighted by molar-refractivity contribution is 0.0993. The lowest BCUT2D eigenvalue weighted by Crippen LogP contribution is -2.61. The Bertz CT molecular complexity index is 1560. The number of halogens is 2. The molecule has 1 atom stereocenters. The first kappa shape index (κ1) is 23.1. The Kier molecular flexibility index (Phi) is 5.40. The van der Waals surface area contributed by atoms with E-state index in [-0.39, 0.29) is 0 Å². The van der Waals surface area contributed by atoms with Gasteiger partial charge in [-0.2, -0.15) is 0 Å². The van der Waals surface area contributed by atoms with Crippen molar-refractivity contribution in [2.45, 2.75) is 37.8 Å². The Balaban J connectivity index is 1.49. The highest BCUT2D eigenvalue weighted by Gasteiger charge is 2.59. The fourth-order valence-corrected chi connectivity index (χ4v) is 5.80. The minimum atomic E-state index is -0.875. The summed E-state index contributed by atoms with van der Waals surface area (Å²) in [4.78, 5) is 5.33. The molecule has 0 aliphatic carbocycles. The molecule has 1 N–H and O–H groups in total. The number of ether oxygens (including phenoxy) is 1. The van der Waals surface area contributed by atoms with E-state index >= 15 is 0 Å². The minimum absolute atomic E-state index is 0.467.